The molecule has 0 saturated heterocycles. The van der Waals surface area contributed by atoms with E-state index in [0.717, 1.165) is 29.7 Å². The second-order valence-electron chi connectivity index (χ2n) is 4.60. The van der Waals surface area contributed by atoms with E-state index in [0.29, 0.717) is 13.0 Å². The Balaban J connectivity index is 2.50. The Kier molecular flexibility index (Phi) is 5.65. The number of carbonyl (C=O) groups is 1. The van der Waals surface area contributed by atoms with Crippen molar-refractivity contribution in [1.29, 1.82) is 0 Å². The second-order valence-corrected chi connectivity index (χ2v) is 4.60. The number of rotatable bonds is 7. The molecule has 1 amide bonds. The van der Waals surface area contributed by atoms with Crippen LogP contribution in [-0.2, 0) is 4.79 Å². The van der Waals surface area contributed by atoms with Gasteiger partial charge in [-0.1, -0.05) is 12.1 Å². The van der Waals surface area contributed by atoms with E-state index in [9.17, 15) is 4.79 Å². The number of ether oxygens (including phenoxy) is 1. The minimum atomic E-state index is -0.262. The molecule has 0 aliphatic heterocycles. The van der Waals surface area contributed by atoms with Crippen LogP contribution in [-0.4, -0.2) is 12.5 Å². The largest absolute Gasteiger partial charge is 0.493 e. The maximum Gasteiger partial charge on any atom is 0.217 e. The van der Waals surface area contributed by atoms with Gasteiger partial charge in [-0.05, 0) is 38.3 Å². The van der Waals surface area contributed by atoms with Gasteiger partial charge >= 0.3 is 0 Å². The van der Waals surface area contributed by atoms with Crippen LogP contribution in [0.15, 0.2) is 18.2 Å². The van der Waals surface area contributed by atoms with E-state index >= 15 is 0 Å². The highest BCUT2D eigenvalue weighted by Crippen LogP contribution is 2.25. The van der Waals surface area contributed by atoms with Gasteiger partial charge in [0.05, 0.1) is 6.61 Å². The number of hydrogen-bond acceptors (Lipinski definition) is 3. The second kappa shape index (κ2) is 7.01. The predicted octanol–water partition coefficient (Wildman–Crippen LogP) is 2.05. The molecule has 0 aliphatic rings. The Hall–Kier alpha value is -1.55. The smallest absolute Gasteiger partial charge is 0.217 e. The van der Waals surface area contributed by atoms with Crippen LogP contribution < -0.4 is 16.2 Å². The Bertz CT molecular complexity index is 403. The normalized spacial score (nSPS) is 12.2. The molecule has 0 aliphatic carbocycles. The average molecular weight is 250 g/mol. The lowest BCUT2D eigenvalue weighted by molar-refractivity contribution is -0.118. The highest BCUT2D eigenvalue weighted by molar-refractivity contribution is 5.73. The molecule has 1 aromatic rings. The number of nitrogens with two attached hydrogens (primary N) is 2. The Labute approximate surface area is 108 Å². The molecule has 1 rings (SSSR count). The minimum Gasteiger partial charge on any atom is -0.493 e. The van der Waals surface area contributed by atoms with Gasteiger partial charge in [-0.2, -0.15) is 0 Å². The molecule has 0 unspecified atom stereocenters. The van der Waals surface area contributed by atoms with Gasteiger partial charge in [-0.3, -0.25) is 4.79 Å². The summed E-state index contributed by atoms with van der Waals surface area (Å²) >= 11 is 0. The molecule has 1 aromatic carbocycles. The van der Waals surface area contributed by atoms with Gasteiger partial charge in [0.15, 0.2) is 0 Å². The molecule has 4 nitrogen and oxygen atoms in total. The molecule has 0 radical (unpaired) electrons. The molecule has 0 saturated carbocycles. The summed E-state index contributed by atoms with van der Waals surface area (Å²) in [7, 11) is 0. The first-order valence-corrected chi connectivity index (χ1v) is 6.28. The lowest BCUT2D eigenvalue weighted by atomic mass is 10.1. The van der Waals surface area contributed by atoms with Gasteiger partial charge in [-0.25, -0.2) is 0 Å². The fraction of sp³-hybridized carbons (Fsp3) is 0.500. The average Bonchev–Trinajstić information content (AvgIpc) is 2.27. The van der Waals surface area contributed by atoms with Crippen molar-refractivity contribution in [3.05, 3.63) is 29.3 Å². The summed E-state index contributed by atoms with van der Waals surface area (Å²) in [5, 5.41) is 0. The van der Waals surface area contributed by atoms with Crippen molar-refractivity contribution < 1.29 is 9.53 Å². The molecular formula is C14H22N2O2. The fourth-order valence-electron chi connectivity index (χ4n) is 1.73. The van der Waals surface area contributed by atoms with E-state index in [1.165, 1.54) is 0 Å². The standard InChI is InChI=1S/C14H22N2O2/c1-10-6-7-12(11(2)15)13(9-10)18-8-4-3-5-14(16)17/h6-7,9,11H,3-5,8,15H2,1-2H3,(H2,16,17)/t11-/m0/s1. The van der Waals surface area contributed by atoms with Crippen LogP contribution in [0.4, 0.5) is 0 Å². The number of hydrogen-bond donors (Lipinski definition) is 2. The molecule has 4 heteroatoms. The quantitative estimate of drug-likeness (QED) is 0.727. The maximum atomic E-state index is 10.6. The summed E-state index contributed by atoms with van der Waals surface area (Å²) in [5.74, 6) is 0.575. The molecular weight excluding hydrogens is 228 g/mol. The van der Waals surface area contributed by atoms with Crippen LogP contribution in [0, 0.1) is 6.92 Å². The zero-order valence-corrected chi connectivity index (χ0v) is 11.1. The van der Waals surface area contributed by atoms with Crippen LogP contribution in [0.25, 0.3) is 0 Å². The molecule has 4 N–H and O–H groups in total. The monoisotopic (exact) mass is 250 g/mol. The van der Waals surface area contributed by atoms with Crippen molar-refractivity contribution in [2.45, 2.75) is 39.2 Å². The third kappa shape index (κ3) is 4.75. The number of aryl methyl sites for hydroxylation is 1. The third-order valence-corrected chi connectivity index (χ3v) is 2.73. The van der Waals surface area contributed by atoms with E-state index in [4.69, 9.17) is 16.2 Å². The Morgan fingerprint density at radius 2 is 2.11 bits per heavy atom. The van der Waals surface area contributed by atoms with Gasteiger partial charge < -0.3 is 16.2 Å². The van der Waals surface area contributed by atoms with Gasteiger partial charge in [-0.15, -0.1) is 0 Å². The van der Waals surface area contributed by atoms with E-state index in [2.05, 4.69) is 0 Å². The summed E-state index contributed by atoms with van der Waals surface area (Å²) < 4.78 is 5.73. The van der Waals surface area contributed by atoms with E-state index in [-0.39, 0.29) is 11.9 Å². The van der Waals surface area contributed by atoms with Crippen molar-refractivity contribution in [2.75, 3.05) is 6.61 Å². The van der Waals surface area contributed by atoms with Crippen molar-refractivity contribution >= 4 is 5.91 Å². The van der Waals surface area contributed by atoms with E-state index in [1.807, 2.05) is 32.0 Å². The minimum absolute atomic E-state index is 0.0498. The topological polar surface area (TPSA) is 78.3 Å². The van der Waals surface area contributed by atoms with Crippen molar-refractivity contribution in [1.82, 2.24) is 0 Å². The van der Waals surface area contributed by atoms with Crippen LogP contribution in [0.5, 0.6) is 5.75 Å². The molecule has 1 atom stereocenters. The lowest BCUT2D eigenvalue weighted by Crippen LogP contribution is -2.11. The zero-order valence-electron chi connectivity index (χ0n) is 11.1. The summed E-state index contributed by atoms with van der Waals surface area (Å²) in [5.41, 5.74) is 13.1. The summed E-state index contributed by atoms with van der Waals surface area (Å²) in [6.07, 6.45) is 1.99. The number of carbonyl (C=O) groups excluding carboxylic acids is 1. The number of amides is 1. The summed E-state index contributed by atoms with van der Waals surface area (Å²) in [6.45, 7) is 4.53. The molecule has 0 spiro atoms. The maximum absolute atomic E-state index is 10.6. The van der Waals surface area contributed by atoms with Gasteiger partial charge in [0, 0.05) is 18.0 Å². The first-order chi connectivity index (χ1) is 8.50. The molecule has 0 aromatic heterocycles. The van der Waals surface area contributed by atoms with E-state index in [1.54, 1.807) is 0 Å². The van der Waals surface area contributed by atoms with Crippen molar-refractivity contribution in [2.24, 2.45) is 11.5 Å². The van der Waals surface area contributed by atoms with E-state index < -0.39 is 0 Å². The fourth-order valence-corrected chi connectivity index (χ4v) is 1.73. The lowest BCUT2D eigenvalue weighted by Gasteiger charge is -2.14. The molecule has 0 fully saturated rings. The SMILES string of the molecule is Cc1ccc([C@H](C)N)c(OCCCCC(N)=O)c1. The number of primary amides is 1. The Morgan fingerprint density at radius 3 is 2.72 bits per heavy atom. The zero-order chi connectivity index (χ0) is 13.5. The molecule has 100 valence electrons. The molecule has 0 heterocycles. The number of benzene rings is 1. The van der Waals surface area contributed by atoms with Gasteiger partial charge in [0.25, 0.3) is 0 Å². The van der Waals surface area contributed by atoms with Gasteiger partial charge in [0.1, 0.15) is 5.75 Å². The van der Waals surface area contributed by atoms with Crippen molar-refractivity contribution in [3.63, 3.8) is 0 Å². The summed E-state index contributed by atoms with van der Waals surface area (Å²) in [6, 6.07) is 5.97. The molecule has 0 bridgehead atoms. The van der Waals surface area contributed by atoms with Gasteiger partial charge in [0.2, 0.25) is 5.91 Å². The van der Waals surface area contributed by atoms with Crippen LogP contribution in [0.3, 0.4) is 0 Å². The van der Waals surface area contributed by atoms with Crippen LogP contribution in [0.2, 0.25) is 0 Å². The highest BCUT2D eigenvalue weighted by Gasteiger charge is 2.08. The van der Waals surface area contributed by atoms with Crippen LogP contribution in [0.1, 0.15) is 43.4 Å². The highest BCUT2D eigenvalue weighted by atomic mass is 16.5. The predicted molar refractivity (Wildman–Crippen MR) is 72.3 cm³/mol. The van der Waals surface area contributed by atoms with Crippen LogP contribution >= 0.6 is 0 Å². The number of unbranched alkanes of at least 4 members (excludes halogenated alkanes) is 1. The van der Waals surface area contributed by atoms with Crippen molar-refractivity contribution in [3.8, 4) is 5.75 Å². The first-order valence-electron chi connectivity index (χ1n) is 6.28. The molecule has 18 heavy (non-hydrogen) atoms. The third-order valence-electron chi connectivity index (χ3n) is 2.73. The first kappa shape index (κ1) is 14.5. The summed E-state index contributed by atoms with van der Waals surface area (Å²) in [4.78, 5) is 10.6. The Morgan fingerprint density at radius 1 is 1.39 bits per heavy atom.